The van der Waals surface area contributed by atoms with Crippen molar-refractivity contribution in [3.8, 4) is 0 Å². The van der Waals surface area contributed by atoms with Crippen LogP contribution in [-0.4, -0.2) is 30.7 Å². The maximum absolute atomic E-state index is 12.2. The van der Waals surface area contributed by atoms with Crippen LogP contribution in [0.4, 0.5) is 0 Å². The van der Waals surface area contributed by atoms with Gasteiger partial charge in [0.15, 0.2) is 5.65 Å². The van der Waals surface area contributed by atoms with Gasteiger partial charge in [0.25, 0.3) is 11.5 Å². The number of carbonyl (C=O) groups excluding carboxylic acids is 1. The number of hydrogen-bond acceptors (Lipinski definition) is 4. The van der Waals surface area contributed by atoms with Crippen LogP contribution in [0, 0.1) is 0 Å². The van der Waals surface area contributed by atoms with Gasteiger partial charge in [0.1, 0.15) is 17.1 Å². The topological polar surface area (TPSA) is 81.8 Å². The Hall–Kier alpha value is -1.89. The molecule has 0 spiro atoms. The standard InChI is InChI=1S/C12H16ClN5O2/c1-7(13)10(19)16-17-6-14-9-8(11(17)20)5-15-18(9)12(2,3)4/h5-7H,1-4H3,(H,16,19). The molecular weight excluding hydrogens is 282 g/mol. The van der Waals surface area contributed by atoms with Crippen LogP contribution in [0.2, 0.25) is 0 Å². The van der Waals surface area contributed by atoms with Crippen molar-refractivity contribution in [2.75, 3.05) is 5.43 Å². The number of aromatic nitrogens is 4. The van der Waals surface area contributed by atoms with E-state index in [9.17, 15) is 9.59 Å². The van der Waals surface area contributed by atoms with E-state index in [1.165, 1.54) is 19.4 Å². The molecule has 0 bridgehead atoms. The lowest BCUT2D eigenvalue weighted by Crippen LogP contribution is -2.36. The van der Waals surface area contributed by atoms with Gasteiger partial charge >= 0.3 is 0 Å². The second-order valence-electron chi connectivity index (χ2n) is 5.48. The number of rotatable bonds is 2. The van der Waals surface area contributed by atoms with E-state index in [1.54, 1.807) is 4.68 Å². The first kappa shape index (κ1) is 14.5. The molecule has 0 saturated heterocycles. The fourth-order valence-electron chi connectivity index (χ4n) is 1.69. The van der Waals surface area contributed by atoms with Crippen LogP contribution in [0.15, 0.2) is 17.3 Å². The minimum atomic E-state index is -0.741. The van der Waals surface area contributed by atoms with Crippen LogP contribution < -0.4 is 11.0 Å². The molecule has 2 aromatic heterocycles. The lowest BCUT2D eigenvalue weighted by atomic mass is 10.1. The summed E-state index contributed by atoms with van der Waals surface area (Å²) in [4.78, 5) is 27.9. The summed E-state index contributed by atoms with van der Waals surface area (Å²) >= 11 is 5.65. The summed E-state index contributed by atoms with van der Waals surface area (Å²) in [6.07, 6.45) is 2.70. The Kier molecular flexibility index (Phi) is 3.56. The predicted octanol–water partition coefficient (Wildman–Crippen LogP) is 1.05. The number of halogens is 1. The number of amides is 1. The van der Waals surface area contributed by atoms with E-state index < -0.39 is 16.8 Å². The Morgan fingerprint density at radius 3 is 2.65 bits per heavy atom. The van der Waals surface area contributed by atoms with Crippen LogP contribution in [0.5, 0.6) is 0 Å². The van der Waals surface area contributed by atoms with Crippen molar-refractivity contribution in [3.63, 3.8) is 0 Å². The van der Waals surface area contributed by atoms with E-state index >= 15 is 0 Å². The zero-order chi connectivity index (χ0) is 15.1. The molecule has 1 atom stereocenters. The van der Waals surface area contributed by atoms with Crippen LogP contribution >= 0.6 is 11.6 Å². The van der Waals surface area contributed by atoms with Gasteiger partial charge in [-0.15, -0.1) is 11.6 Å². The average Bonchev–Trinajstić information content (AvgIpc) is 2.76. The second-order valence-corrected chi connectivity index (χ2v) is 6.13. The van der Waals surface area contributed by atoms with Crippen LogP contribution in [0.1, 0.15) is 27.7 Å². The van der Waals surface area contributed by atoms with E-state index in [4.69, 9.17) is 11.6 Å². The molecule has 1 unspecified atom stereocenters. The van der Waals surface area contributed by atoms with E-state index in [0.717, 1.165) is 4.68 Å². The molecule has 0 aliphatic heterocycles. The SMILES string of the molecule is CC(Cl)C(=O)Nn1cnc2c(cnn2C(C)(C)C)c1=O. The third-order valence-electron chi connectivity index (χ3n) is 2.72. The molecule has 0 fully saturated rings. The molecular formula is C12H16ClN5O2. The van der Waals surface area contributed by atoms with Crippen LogP contribution in [0.25, 0.3) is 11.0 Å². The van der Waals surface area contributed by atoms with Gasteiger partial charge in [-0.2, -0.15) is 5.10 Å². The van der Waals surface area contributed by atoms with Crippen molar-refractivity contribution in [1.82, 2.24) is 19.4 Å². The average molecular weight is 298 g/mol. The molecule has 0 saturated carbocycles. The molecule has 0 radical (unpaired) electrons. The highest BCUT2D eigenvalue weighted by Crippen LogP contribution is 2.17. The van der Waals surface area contributed by atoms with Gasteiger partial charge in [-0.25, -0.2) is 14.3 Å². The maximum Gasteiger partial charge on any atom is 0.283 e. The number of nitrogens with one attached hydrogen (secondary N) is 1. The predicted molar refractivity (Wildman–Crippen MR) is 76.5 cm³/mol. The molecule has 7 nitrogen and oxygen atoms in total. The normalized spacial score (nSPS) is 13.4. The fourth-order valence-corrected chi connectivity index (χ4v) is 1.74. The largest absolute Gasteiger partial charge is 0.283 e. The first-order chi connectivity index (χ1) is 9.21. The first-order valence-corrected chi connectivity index (χ1v) is 6.56. The Balaban J connectivity index is 2.51. The highest BCUT2D eigenvalue weighted by molar-refractivity contribution is 6.31. The number of carbonyl (C=O) groups is 1. The van der Waals surface area contributed by atoms with Crippen molar-refractivity contribution in [2.45, 2.75) is 38.6 Å². The highest BCUT2D eigenvalue weighted by Gasteiger charge is 2.20. The molecule has 0 aromatic carbocycles. The summed E-state index contributed by atoms with van der Waals surface area (Å²) in [6.45, 7) is 7.41. The Labute approximate surface area is 120 Å². The monoisotopic (exact) mass is 297 g/mol. The fraction of sp³-hybridized carbons (Fsp3) is 0.500. The molecule has 8 heteroatoms. The van der Waals surface area contributed by atoms with E-state index in [-0.39, 0.29) is 5.54 Å². The summed E-state index contributed by atoms with van der Waals surface area (Å²) in [5.41, 5.74) is 2.18. The molecule has 20 heavy (non-hydrogen) atoms. The van der Waals surface area contributed by atoms with Crippen molar-refractivity contribution < 1.29 is 4.79 Å². The molecule has 1 amide bonds. The van der Waals surface area contributed by atoms with Crippen molar-refractivity contribution in [2.24, 2.45) is 0 Å². The van der Waals surface area contributed by atoms with Crippen LogP contribution in [0.3, 0.4) is 0 Å². The summed E-state index contributed by atoms with van der Waals surface area (Å²) in [5, 5.41) is 3.78. The zero-order valence-electron chi connectivity index (χ0n) is 11.7. The third-order valence-corrected chi connectivity index (χ3v) is 2.91. The summed E-state index contributed by atoms with van der Waals surface area (Å²) in [5.74, 6) is -0.474. The maximum atomic E-state index is 12.2. The molecule has 108 valence electrons. The highest BCUT2D eigenvalue weighted by atomic mass is 35.5. The summed E-state index contributed by atoms with van der Waals surface area (Å²) in [6, 6.07) is 0. The first-order valence-electron chi connectivity index (χ1n) is 6.12. The molecule has 2 rings (SSSR count). The van der Waals surface area contributed by atoms with Gasteiger partial charge in [0.05, 0.1) is 11.7 Å². The van der Waals surface area contributed by atoms with Gasteiger partial charge < -0.3 is 0 Å². The zero-order valence-corrected chi connectivity index (χ0v) is 12.5. The van der Waals surface area contributed by atoms with Crippen LogP contribution in [-0.2, 0) is 10.3 Å². The quantitative estimate of drug-likeness (QED) is 0.840. The van der Waals surface area contributed by atoms with Gasteiger partial charge in [-0.3, -0.25) is 15.0 Å². The second kappa shape index (κ2) is 4.90. The van der Waals surface area contributed by atoms with E-state index in [1.807, 2.05) is 20.8 Å². The van der Waals surface area contributed by atoms with E-state index in [2.05, 4.69) is 15.5 Å². The Bertz CT molecular complexity index is 711. The lowest BCUT2D eigenvalue weighted by Gasteiger charge is -2.19. The molecule has 1 N–H and O–H groups in total. The van der Waals surface area contributed by atoms with Gasteiger partial charge in [-0.05, 0) is 27.7 Å². The van der Waals surface area contributed by atoms with Crippen molar-refractivity contribution >= 4 is 28.5 Å². The number of alkyl halides is 1. The smallest absolute Gasteiger partial charge is 0.272 e. The summed E-state index contributed by atoms with van der Waals surface area (Å²) in [7, 11) is 0. The van der Waals surface area contributed by atoms with E-state index in [0.29, 0.717) is 11.0 Å². The number of hydrogen-bond donors (Lipinski definition) is 1. The lowest BCUT2D eigenvalue weighted by molar-refractivity contribution is -0.116. The van der Waals surface area contributed by atoms with Crippen molar-refractivity contribution in [1.29, 1.82) is 0 Å². The van der Waals surface area contributed by atoms with Gasteiger partial charge in [0, 0.05) is 0 Å². The molecule has 2 heterocycles. The van der Waals surface area contributed by atoms with Crippen molar-refractivity contribution in [3.05, 3.63) is 22.9 Å². The molecule has 2 aromatic rings. The number of fused-ring (bicyclic) bond motifs is 1. The molecule has 0 aliphatic carbocycles. The van der Waals surface area contributed by atoms with Gasteiger partial charge in [-0.1, -0.05) is 0 Å². The Morgan fingerprint density at radius 1 is 1.45 bits per heavy atom. The minimum Gasteiger partial charge on any atom is -0.272 e. The number of nitrogens with zero attached hydrogens (tertiary/aromatic N) is 4. The summed E-state index contributed by atoms with van der Waals surface area (Å²) < 4.78 is 2.68. The Morgan fingerprint density at radius 2 is 2.10 bits per heavy atom. The minimum absolute atomic E-state index is 0.290. The molecule has 0 aliphatic rings. The van der Waals surface area contributed by atoms with Gasteiger partial charge in [0.2, 0.25) is 0 Å². The third kappa shape index (κ3) is 2.53.